The Morgan fingerprint density at radius 3 is 2.86 bits per heavy atom. The molecule has 0 atom stereocenters. The lowest BCUT2D eigenvalue weighted by molar-refractivity contribution is 0.102. The Bertz CT molecular complexity index is 748. The molecule has 0 bridgehead atoms. The van der Waals surface area contributed by atoms with Crippen LogP contribution in [0.25, 0.3) is 0 Å². The summed E-state index contributed by atoms with van der Waals surface area (Å²) in [5, 5.41) is 3.02. The summed E-state index contributed by atoms with van der Waals surface area (Å²) in [6.45, 7) is 0. The smallest absolute Gasteiger partial charge is 0.274 e. The quantitative estimate of drug-likeness (QED) is 0.874. The van der Waals surface area contributed by atoms with Crippen molar-refractivity contribution in [1.82, 2.24) is 9.97 Å². The molecule has 116 valence electrons. The molecule has 0 radical (unpaired) electrons. The summed E-state index contributed by atoms with van der Waals surface area (Å²) in [5.41, 5.74) is 0.181. The molecule has 2 aromatic rings. The van der Waals surface area contributed by atoms with Crippen molar-refractivity contribution < 1.29 is 9.53 Å². The van der Waals surface area contributed by atoms with Crippen LogP contribution in [0.2, 0.25) is 5.02 Å². The largest absolute Gasteiger partial charge is 0.495 e. The van der Waals surface area contributed by atoms with Gasteiger partial charge in [-0.05, 0) is 24.5 Å². The van der Waals surface area contributed by atoms with Crippen molar-refractivity contribution in [2.24, 2.45) is 0 Å². The zero-order valence-corrected chi connectivity index (χ0v) is 13.5. The lowest BCUT2D eigenvalue weighted by atomic mass is 10.3. The maximum Gasteiger partial charge on any atom is 0.274 e. The zero-order chi connectivity index (χ0) is 16.1. The number of carbonyl (C=O) groups excluding carboxylic acids is 1. The van der Waals surface area contributed by atoms with Gasteiger partial charge in [0.2, 0.25) is 0 Å². The number of aromatic amines is 1. The van der Waals surface area contributed by atoms with E-state index in [1.54, 1.807) is 18.2 Å². The van der Waals surface area contributed by atoms with Gasteiger partial charge >= 0.3 is 0 Å². The number of aromatic nitrogens is 2. The van der Waals surface area contributed by atoms with Gasteiger partial charge in [0.15, 0.2) is 0 Å². The van der Waals surface area contributed by atoms with E-state index >= 15 is 0 Å². The van der Waals surface area contributed by atoms with E-state index in [0.717, 1.165) is 6.07 Å². The molecule has 0 saturated carbocycles. The monoisotopic (exact) mass is 339 g/mol. The van der Waals surface area contributed by atoms with Crippen LogP contribution in [0.1, 0.15) is 16.3 Å². The second-order valence-electron chi connectivity index (χ2n) is 4.31. The third kappa shape index (κ3) is 4.02. The first-order valence-corrected chi connectivity index (χ1v) is 8.04. The van der Waals surface area contributed by atoms with Gasteiger partial charge < -0.3 is 15.0 Å². The van der Waals surface area contributed by atoms with Crippen molar-refractivity contribution in [3.8, 4) is 5.75 Å². The number of H-pyrrole nitrogens is 1. The fourth-order valence-electron chi connectivity index (χ4n) is 1.77. The summed E-state index contributed by atoms with van der Waals surface area (Å²) in [6.07, 6.45) is 1.88. The van der Waals surface area contributed by atoms with Crippen LogP contribution in [-0.2, 0) is 5.75 Å². The Morgan fingerprint density at radius 2 is 2.23 bits per heavy atom. The van der Waals surface area contributed by atoms with Crippen LogP contribution >= 0.6 is 23.4 Å². The summed E-state index contributed by atoms with van der Waals surface area (Å²) in [6, 6.07) is 6.01. The van der Waals surface area contributed by atoms with Gasteiger partial charge in [-0.1, -0.05) is 11.6 Å². The summed E-state index contributed by atoms with van der Waals surface area (Å²) in [7, 11) is 1.51. The molecule has 1 aromatic carbocycles. The summed E-state index contributed by atoms with van der Waals surface area (Å²) >= 11 is 7.50. The molecular formula is C14H14ClN3O3S. The Hall–Kier alpha value is -1.99. The highest BCUT2D eigenvalue weighted by Crippen LogP contribution is 2.27. The van der Waals surface area contributed by atoms with Crippen LogP contribution in [0.15, 0.2) is 29.1 Å². The number of nitrogens with one attached hydrogen (secondary N) is 2. The number of ether oxygens (including phenoxy) is 1. The maximum absolute atomic E-state index is 12.2. The van der Waals surface area contributed by atoms with Gasteiger partial charge in [0, 0.05) is 11.8 Å². The SMILES string of the molecule is COc1ccc(NC(=O)c2cc(=O)[nH]c(CSC)n2)cc1Cl. The van der Waals surface area contributed by atoms with E-state index in [1.807, 2.05) is 6.26 Å². The molecule has 8 heteroatoms. The number of carbonyl (C=O) groups is 1. The minimum Gasteiger partial charge on any atom is -0.495 e. The van der Waals surface area contributed by atoms with E-state index in [-0.39, 0.29) is 11.3 Å². The van der Waals surface area contributed by atoms with Crippen LogP contribution < -0.4 is 15.6 Å². The van der Waals surface area contributed by atoms with E-state index in [2.05, 4.69) is 15.3 Å². The number of benzene rings is 1. The fraction of sp³-hybridized carbons (Fsp3) is 0.214. The van der Waals surface area contributed by atoms with Crippen LogP contribution in [0.3, 0.4) is 0 Å². The highest BCUT2D eigenvalue weighted by Gasteiger charge is 2.11. The topological polar surface area (TPSA) is 84.1 Å². The van der Waals surface area contributed by atoms with Crippen molar-refractivity contribution in [2.75, 3.05) is 18.7 Å². The number of hydrogen-bond donors (Lipinski definition) is 2. The van der Waals surface area contributed by atoms with Crippen molar-refractivity contribution in [3.05, 3.63) is 51.2 Å². The maximum atomic E-state index is 12.2. The van der Waals surface area contributed by atoms with Crippen molar-refractivity contribution in [1.29, 1.82) is 0 Å². The van der Waals surface area contributed by atoms with Crippen LogP contribution in [0.4, 0.5) is 5.69 Å². The third-order valence-corrected chi connectivity index (χ3v) is 3.57. The van der Waals surface area contributed by atoms with Gasteiger partial charge in [-0.2, -0.15) is 11.8 Å². The molecule has 0 unspecified atom stereocenters. The first kappa shape index (κ1) is 16.4. The number of thioether (sulfide) groups is 1. The Kier molecular flexibility index (Phi) is 5.46. The molecule has 1 aromatic heterocycles. The minimum atomic E-state index is -0.477. The molecule has 2 rings (SSSR count). The second kappa shape index (κ2) is 7.33. The number of methoxy groups -OCH3 is 1. The van der Waals surface area contributed by atoms with Crippen LogP contribution in [-0.4, -0.2) is 29.2 Å². The van der Waals surface area contributed by atoms with Gasteiger partial charge in [0.05, 0.1) is 17.9 Å². The number of rotatable bonds is 5. The molecule has 0 saturated heterocycles. The minimum absolute atomic E-state index is 0.0553. The molecule has 1 heterocycles. The van der Waals surface area contributed by atoms with E-state index in [9.17, 15) is 9.59 Å². The lowest BCUT2D eigenvalue weighted by Gasteiger charge is -2.08. The summed E-state index contributed by atoms with van der Waals surface area (Å²) in [5.74, 6) is 1.01. The normalized spacial score (nSPS) is 10.3. The average Bonchev–Trinajstić information content (AvgIpc) is 2.47. The Labute approximate surface area is 136 Å². The third-order valence-electron chi connectivity index (χ3n) is 2.71. The van der Waals surface area contributed by atoms with Gasteiger partial charge in [-0.25, -0.2) is 4.98 Å². The number of amides is 1. The summed E-state index contributed by atoms with van der Waals surface area (Å²) in [4.78, 5) is 30.5. The number of halogens is 1. The molecule has 1 amide bonds. The molecule has 0 fully saturated rings. The van der Waals surface area contributed by atoms with Crippen molar-refractivity contribution >= 4 is 35.0 Å². The molecule has 0 spiro atoms. The number of hydrogen-bond acceptors (Lipinski definition) is 5. The highest BCUT2D eigenvalue weighted by atomic mass is 35.5. The molecular weight excluding hydrogens is 326 g/mol. The van der Waals surface area contributed by atoms with Gasteiger partial charge in [0.25, 0.3) is 11.5 Å². The van der Waals surface area contributed by atoms with E-state index in [0.29, 0.717) is 28.0 Å². The van der Waals surface area contributed by atoms with Gasteiger partial charge in [-0.3, -0.25) is 9.59 Å². The van der Waals surface area contributed by atoms with Crippen molar-refractivity contribution in [2.45, 2.75) is 5.75 Å². The Morgan fingerprint density at radius 1 is 1.45 bits per heavy atom. The molecule has 0 aliphatic rings. The number of nitrogens with zero attached hydrogens (tertiary/aromatic N) is 1. The van der Waals surface area contributed by atoms with E-state index in [4.69, 9.17) is 16.3 Å². The molecule has 22 heavy (non-hydrogen) atoms. The molecule has 0 aliphatic carbocycles. The first-order valence-electron chi connectivity index (χ1n) is 6.27. The predicted molar refractivity (Wildman–Crippen MR) is 88.0 cm³/mol. The fourth-order valence-corrected chi connectivity index (χ4v) is 2.44. The first-order chi connectivity index (χ1) is 10.5. The number of anilines is 1. The molecule has 2 N–H and O–H groups in total. The summed E-state index contributed by atoms with van der Waals surface area (Å²) < 4.78 is 5.04. The van der Waals surface area contributed by atoms with Crippen LogP contribution in [0.5, 0.6) is 5.75 Å². The molecule has 0 aliphatic heterocycles. The van der Waals surface area contributed by atoms with Gasteiger partial charge in [-0.15, -0.1) is 0 Å². The average molecular weight is 340 g/mol. The van der Waals surface area contributed by atoms with Crippen molar-refractivity contribution in [3.63, 3.8) is 0 Å². The highest BCUT2D eigenvalue weighted by molar-refractivity contribution is 7.97. The molecule has 6 nitrogen and oxygen atoms in total. The standard InChI is InChI=1S/C14H14ClN3O3S/c1-21-11-4-3-8(5-9(11)15)16-14(20)10-6-13(19)18-12(17-10)7-22-2/h3-6H,7H2,1-2H3,(H,16,20)(H,17,18,19). The van der Waals surface area contributed by atoms with E-state index in [1.165, 1.54) is 18.9 Å². The predicted octanol–water partition coefficient (Wildman–Crippen LogP) is 2.55. The second-order valence-corrected chi connectivity index (χ2v) is 5.59. The lowest BCUT2D eigenvalue weighted by Crippen LogP contribution is -2.20. The van der Waals surface area contributed by atoms with Gasteiger partial charge in [0.1, 0.15) is 17.3 Å². The zero-order valence-electron chi connectivity index (χ0n) is 12.0. The van der Waals surface area contributed by atoms with E-state index < -0.39 is 5.91 Å². The van der Waals surface area contributed by atoms with Crippen LogP contribution in [0, 0.1) is 0 Å². The Balaban J connectivity index is 2.22.